The number of hydrogen-bond donors (Lipinski definition) is 0. The Hall–Kier alpha value is -6.94. The lowest BCUT2D eigenvalue weighted by molar-refractivity contribution is 1.18. The summed E-state index contributed by atoms with van der Waals surface area (Å²) >= 11 is 1.89. The monoisotopic (exact) mass is 716 g/mol. The molecule has 3 heteroatoms. The quantitative estimate of drug-likeness (QED) is 0.172. The van der Waals surface area contributed by atoms with Crippen LogP contribution < -0.4 is 0 Å². The maximum atomic E-state index is 2.41. The van der Waals surface area contributed by atoms with Crippen LogP contribution in [0.3, 0.4) is 0 Å². The van der Waals surface area contributed by atoms with Gasteiger partial charge in [0.15, 0.2) is 0 Å². The van der Waals surface area contributed by atoms with Crippen molar-refractivity contribution in [2.24, 2.45) is 0 Å². The van der Waals surface area contributed by atoms with Crippen LogP contribution in [0.1, 0.15) is 0 Å². The SMILES string of the molecule is c1ccc(-n2c3ccccc3c3cc(-c4ccc5c(c4)sc4cc(-c6ccc7c(c6)c6c8ccccc8ccc6n7-c6ccccc6)ccc45)ccc32)cc1. The van der Waals surface area contributed by atoms with E-state index in [0.717, 1.165) is 0 Å². The van der Waals surface area contributed by atoms with Crippen LogP contribution in [0.15, 0.2) is 194 Å². The van der Waals surface area contributed by atoms with Gasteiger partial charge in [-0.25, -0.2) is 0 Å². The van der Waals surface area contributed by atoms with Crippen LogP contribution in [-0.2, 0) is 0 Å². The predicted molar refractivity (Wildman–Crippen MR) is 236 cm³/mol. The third kappa shape index (κ3) is 4.60. The highest BCUT2D eigenvalue weighted by molar-refractivity contribution is 7.25. The number of benzene rings is 9. The zero-order chi connectivity index (χ0) is 36.0. The minimum atomic E-state index is 1.18. The van der Waals surface area contributed by atoms with Gasteiger partial charge in [-0.15, -0.1) is 11.3 Å². The van der Waals surface area contributed by atoms with Crippen LogP contribution in [0.25, 0.3) is 108 Å². The molecule has 0 atom stereocenters. The standard InChI is InChI=1S/C52H32N2S/c1-3-12-38(13-4-1)53-46-18-10-9-17-41(46)44-29-34(22-26-47(44)53)36-19-24-42-43-25-20-37(32-51(43)55-50(42)31-36)35-23-27-48-45(30-35)52-40-16-8-7-11-33(40)21-28-49(52)54(48)39-14-5-2-6-15-39/h1-32H. The zero-order valence-electron chi connectivity index (χ0n) is 29.8. The normalized spacial score (nSPS) is 12.0. The Balaban J connectivity index is 0.978. The van der Waals surface area contributed by atoms with Crippen molar-refractivity contribution >= 4 is 85.9 Å². The molecule has 3 heterocycles. The van der Waals surface area contributed by atoms with E-state index in [4.69, 9.17) is 0 Å². The maximum Gasteiger partial charge on any atom is 0.0547 e. The molecule has 0 aliphatic heterocycles. The number of hydrogen-bond acceptors (Lipinski definition) is 1. The van der Waals surface area contributed by atoms with Crippen molar-refractivity contribution in [1.29, 1.82) is 0 Å². The van der Waals surface area contributed by atoms with Crippen molar-refractivity contribution in [3.8, 4) is 33.6 Å². The summed E-state index contributed by atoms with van der Waals surface area (Å²) in [6, 6.07) is 71.4. The van der Waals surface area contributed by atoms with Crippen LogP contribution in [0.2, 0.25) is 0 Å². The van der Waals surface area contributed by atoms with Crippen LogP contribution in [0, 0.1) is 0 Å². The van der Waals surface area contributed by atoms with E-state index in [1.165, 1.54) is 108 Å². The third-order valence-corrected chi connectivity index (χ3v) is 12.6. The van der Waals surface area contributed by atoms with E-state index < -0.39 is 0 Å². The largest absolute Gasteiger partial charge is 0.309 e. The topological polar surface area (TPSA) is 9.86 Å². The molecule has 0 unspecified atom stereocenters. The summed E-state index contributed by atoms with van der Waals surface area (Å²) in [6.45, 7) is 0. The van der Waals surface area contributed by atoms with Crippen molar-refractivity contribution in [2.75, 3.05) is 0 Å². The highest BCUT2D eigenvalue weighted by Gasteiger charge is 2.17. The van der Waals surface area contributed by atoms with Gasteiger partial charge < -0.3 is 9.13 Å². The molecule has 0 aliphatic rings. The molecule has 9 aromatic carbocycles. The van der Waals surface area contributed by atoms with Crippen molar-refractivity contribution in [3.63, 3.8) is 0 Å². The fourth-order valence-electron chi connectivity index (χ4n) is 8.97. The molecular weight excluding hydrogens is 685 g/mol. The molecule has 0 spiro atoms. The highest BCUT2D eigenvalue weighted by atomic mass is 32.1. The molecule has 55 heavy (non-hydrogen) atoms. The fourth-order valence-corrected chi connectivity index (χ4v) is 10.2. The molecule has 2 nitrogen and oxygen atoms in total. The van der Waals surface area contributed by atoms with Gasteiger partial charge in [0.05, 0.1) is 22.1 Å². The summed E-state index contributed by atoms with van der Waals surface area (Å²) in [4.78, 5) is 0. The number of rotatable bonds is 4. The van der Waals surface area contributed by atoms with Gasteiger partial charge in [-0.3, -0.25) is 0 Å². The third-order valence-electron chi connectivity index (χ3n) is 11.5. The van der Waals surface area contributed by atoms with Gasteiger partial charge in [0.25, 0.3) is 0 Å². The summed E-state index contributed by atoms with van der Waals surface area (Å²) in [6.07, 6.45) is 0. The van der Waals surface area contributed by atoms with Crippen LogP contribution in [0.5, 0.6) is 0 Å². The number of para-hydroxylation sites is 3. The molecule has 0 saturated heterocycles. The van der Waals surface area contributed by atoms with E-state index in [1.54, 1.807) is 0 Å². The predicted octanol–water partition coefficient (Wildman–Crippen LogP) is 14.7. The first-order valence-corrected chi connectivity index (χ1v) is 19.7. The second-order valence-corrected chi connectivity index (χ2v) is 15.6. The first-order chi connectivity index (χ1) is 27.3. The van der Waals surface area contributed by atoms with E-state index in [0.29, 0.717) is 0 Å². The first-order valence-electron chi connectivity index (χ1n) is 18.8. The summed E-state index contributed by atoms with van der Waals surface area (Å²) < 4.78 is 7.41. The fraction of sp³-hybridized carbons (Fsp3) is 0. The molecule has 3 aromatic heterocycles. The molecule has 12 aromatic rings. The number of fused-ring (bicyclic) bond motifs is 11. The Kier molecular flexibility index (Phi) is 6.54. The molecule has 0 saturated carbocycles. The van der Waals surface area contributed by atoms with E-state index >= 15 is 0 Å². The van der Waals surface area contributed by atoms with Crippen LogP contribution in [-0.4, -0.2) is 9.13 Å². The van der Waals surface area contributed by atoms with Crippen molar-refractivity contribution < 1.29 is 0 Å². The lowest BCUT2D eigenvalue weighted by Gasteiger charge is -2.08. The average molecular weight is 717 g/mol. The van der Waals surface area contributed by atoms with Crippen molar-refractivity contribution in [1.82, 2.24) is 9.13 Å². The summed E-state index contributed by atoms with van der Waals surface area (Å²) in [7, 11) is 0. The van der Waals surface area contributed by atoms with E-state index in [1.807, 2.05) is 11.3 Å². The second kappa shape index (κ2) is 11.8. The van der Waals surface area contributed by atoms with Crippen molar-refractivity contribution in [3.05, 3.63) is 194 Å². The molecular formula is C52H32N2S. The van der Waals surface area contributed by atoms with Gasteiger partial charge in [-0.1, -0.05) is 121 Å². The lowest BCUT2D eigenvalue weighted by atomic mass is 9.99. The van der Waals surface area contributed by atoms with E-state index in [9.17, 15) is 0 Å². The first kappa shape index (κ1) is 30.5. The Labute approximate surface area is 321 Å². The molecule has 0 N–H and O–H groups in total. The molecule has 12 rings (SSSR count). The second-order valence-electron chi connectivity index (χ2n) is 14.5. The van der Waals surface area contributed by atoms with Gasteiger partial charge in [-0.05, 0) is 106 Å². The Morgan fingerprint density at radius 1 is 0.291 bits per heavy atom. The molecule has 0 amide bonds. The van der Waals surface area contributed by atoms with Crippen LogP contribution >= 0.6 is 11.3 Å². The van der Waals surface area contributed by atoms with E-state index in [2.05, 4.69) is 203 Å². The average Bonchev–Trinajstić information content (AvgIpc) is 3.90. The molecule has 0 bridgehead atoms. The molecule has 0 fully saturated rings. The van der Waals surface area contributed by atoms with Gasteiger partial charge >= 0.3 is 0 Å². The Bertz CT molecular complexity index is 3470. The van der Waals surface area contributed by atoms with Crippen molar-refractivity contribution in [2.45, 2.75) is 0 Å². The molecule has 0 radical (unpaired) electrons. The summed E-state index contributed by atoms with van der Waals surface area (Å²) in [5, 5.41) is 10.3. The van der Waals surface area contributed by atoms with Gasteiger partial charge in [0.1, 0.15) is 0 Å². The lowest BCUT2D eigenvalue weighted by Crippen LogP contribution is -1.93. The Morgan fingerprint density at radius 3 is 1.44 bits per heavy atom. The molecule has 256 valence electrons. The van der Waals surface area contributed by atoms with Crippen LogP contribution in [0.4, 0.5) is 0 Å². The van der Waals surface area contributed by atoms with Gasteiger partial charge in [0.2, 0.25) is 0 Å². The number of thiophene rings is 1. The minimum Gasteiger partial charge on any atom is -0.309 e. The summed E-state index contributed by atoms with van der Waals surface area (Å²) in [5.41, 5.74) is 12.2. The maximum absolute atomic E-state index is 2.41. The molecule has 0 aliphatic carbocycles. The van der Waals surface area contributed by atoms with Gasteiger partial charge in [0, 0.05) is 53.1 Å². The smallest absolute Gasteiger partial charge is 0.0547 e. The minimum absolute atomic E-state index is 1.18. The van der Waals surface area contributed by atoms with E-state index in [-0.39, 0.29) is 0 Å². The van der Waals surface area contributed by atoms with Gasteiger partial charge in [-0.2, -0.15) is 0 Å². The zero-order valence-corrected chi connectivity index (χ0v) is 30.6. The Morgan fingerprint density at radius 2 is 0.764 bits per heavy atom. The number of nitrogens with zero attached hydrogens (tertiary/aromatic N) is 2. The highest BCUT2D eigenvalue weighted by Crippen LogP contribution is 2.42. The summed E-state index contributed by atoms with van der Waals surface area (Å²) in [5.74, 6) is 0. The number of aromatic nitrogens is 2.